The number of hydrogen-bond acceptors (Lipinski definition) is 3. The van der Waals surface area contributed by atoms with Crippen molar-refractivity contribution in [3.05, 3.63) is 0 Å². The summed E-state index contributed by atoms with van der Waals surface area (Å²) in [5.74, 6) is 0.300. The fourth-order valence-electron chi connectivity index (χ4n) is 0.323. The van der Waals surface area contributed by atoms with Crippen LogP contribution in [0.5, 0.6) is 0 Å². The lowest BCUT2D eigenvalue weighted by molar-refractivity contribution is -0.115. The number of amidine groups is 1. The highest BCUT2D eigenvalue weighted by atomic mass is 32.2. The normalized spacial score (nSPS) is 17.5. The van der Waals surface area contributed by atoms with Crippen LogP contribution in [0.3, 0.4) is 0 Å². The monoisotopic (exact) mass is 132 g/mol. The fraction of sp³-hybridized carbons (Fsp3) is 0.500. The molecule has 0 aliphatic carbocycles. The van der Waals surface area contributed by atoms with Crippen LogP contribution in [-0.2, 0) is 4.79 Å². The van der Waals surface area contributed by atoms with Crippen molar-refractivity contribution in [2.45, 2.75) is 7.43 Å². The Morgan fingerprint density at radius 1 is 1.75 bits per heavy atom. The zero-order chi connectivity index (χ0) is 5.28. The van der Waals surface area contributed by atoms with E-state index in [4.69, 9.17) is 5.73 Å². The van der Waals surface area contributed by atoms with E-state index < -0.39 is 0 Å². The summed E-state index contributed by atoms with van der Waals surface area (Å²) in [7, 11) is 0. The Labute approximate surface area is 52.4 Å². The molecule has 0 saturated heterocycles. The minimum Gasteiger partial charge on any atom is -0.378 e. The minimum absolute atomic E-state index is 0. The summed E-state index contributed by atoms with van der Waals surface area (Å²) in [6.07, 6.45) is 0. The van der Waals surface area contributed by atoms with E-state index in [2.05, 4.69) is 4.99 Å². The van der Waals surface area contributed by atoms with Crippen molar-refractivity contribution in [2.75, 3.05) is 5.75 Å². The molecule has 0 atom stereocenters. The molecule has 4 heteroatoms. The predicted molar refractivity (Wildman–Crippen MR) is 35.8 cm³/mol. The molecule has 0 saturated carbocycles. The van der Waals surface area contributed by atoms with Gasteiger partial charge in [-0.3, -0.25) is 4.79 Å². The summed E-state index contributed by atoms with van der Waals surface area (Å²) in [4.78, 5) is 13.6. The third kappa shape index (κ3) is 1.54. The molecule has 46 valence electrons. The second-order valence-electron chi connectivity index (χ2n) is 1.13. The number of carbonyl (C=O) groups is 1. The van der Waals surface area contributed by atoms with E-state index in [1.54, 1.807) is 0 Å². The first kappa shape index (κ1) is 7.49. The van der Waals surface area contributed by atoms with Gasteiger partial charge in [0.05, 0.1) is 5.75 Å². The van der Waals surface area contributed by atoms with Crippen LogP contribution in [0.1, 0.15) is 7.43 Å². The number of carbonyl (C=O) groups excluding carboxylic acids is 1. The molecule has 0 spiro atoms. The topological polar surface area (TPSA) is 55.4 Å². The van der Waals surface area contributed by atoms with E-state index in [1.165, 1.54) is 11.8 Å². The van der Waals surface area contributed by atoms with Crippen molar-refractivity contribution >= 4 is 22.8 Å². The number of aliphatic imine (C=N–C) groups is 1. The summed E-state index contributed by atoms with van der Waals surface area (Å²) in [5, 5.41) is 0.394. The van der Waals surface area contributed by atoms with Crippen LogP contribution in [0.2, 0.25) is 0 Å². The molecule has 2 N–H and O–H groups in total. The van der Waals surface area contributed by atoms with Crippen molar-refractivity contribution in [3.8, 4) is 0 Å². The first-order valence-corrected chi connectivity index (χ1v) is 2.77. The third-order valence-corrected chi connectivity index (χ3v) is 1.36. The number of hydrogen-bond donors (Lipinski definition) is 1. The predicted octanol–water partition coefficient (Wildman–Crippen LogP) is 0.211. The number of nitrogens with zero attached hydrogens (tertiary/aromatic N) is 1. The van der Waals surface area contributed by atoms with Gasteiger partial charge in [0, 0.05) is 0 Å². The van der Waals surface area contributed by atoms with E-state index in [0.717, 1.165) is 0 Å². The number of rotatable bonds is 0. The standard InChI is InChI=1S/C3H4N2OS.CH4/c4-3-5-2(6)1-7-3;/h1H2,(H2,4,5,6);1H4. The highest BCUT2D eigenvalue weighted by molar-refractivity contribution is 8.14. The maximum Gasteiger partial charge on any atom is 0.258 e. The maximum absolute atomic E-state index is 10.2. The van der Waals surface area contributed by atoms with Gasteiger partial charge >= 0.3 is 0 Å². The van der Waals surface area contributed by atoms with Crippen molar-refractivity contribution in [2.24, 2.45) is 10.7 Å². The van der Waals surface area contributed by atoms with Gasteiger partial charge in [-0.2, -0.15) is 4.99 Å². The number of nitrogens with two attached hydrogens (primary N) is 1. The highest BCUT2D eigenvalue weighted by Gasteiger charge is 2.09. The Kier molecular flexibility index (Phi) is 2.54. The first-order chi connectivity index (χ1) is 3.29. The molecule has 0 bridgehead atoms. The summed E-state index contributed by atoms with van der Waals surface area (Å²) < 4.78 is 0. The molecule has 0 aromatic rings. The first-order valence-electron chi connectivity index (χ1n) is 1.79. The van der Waals surface area contributed by atoms with E-state index in [1.807, 2.05) is 0 Å². The molecule has 1 aliphatic rings. The van der Waals surface area contributed by atoms with Gasteiger partial charge in [0.2, 0.25) is 0 Å². The van der Waals surface area contributed by atoms with Crippen LogP contribution in [0.4, 0.5) is 0 Å². The average Bonchev–Trinajstić information content (AvgIpc) is 1.87. The van der Waals surface area contributed by atoms with Crippen LogP contribution in [-0.4, -0.2) is 16.8 Å². The SMILES string of the molecule is C.NC1=NC(=O)CS1. The Balaban J connectivity index is 0.000000490. The smallest absolute Gasteiger partial charge is 0.258 e. The Morgan fingerprint density at radius 3 is 2.50 bits per heavy atom. The maximum atomic E-state index is 10.2. The molecule has 8 heavy (non-hydrogen) atoms. The molecule has 1 heterocycles. The van der Waals surface area contributed by atoms with Gasteiger partial charge in [-0.1, -0.05) is 19.2 Å². The third-order valence-electron chi connectivity index (χ3n) is 0.578. The highest BCUT2D eigenvalue weighted by Crippen LogP contribution is 2.07. The van der Waals surface area contributed by atoms with E-state index >= 15 is 0 Å². The van der Waals surface area contributed by atoms with Gasteiger partial charge in [-0.15, -0.1) is 0 Å². The van der Waals surface area contributed by atoms with Crippen molar-refractivity contribution in [3.63, 3.8) is 0 Å². The average molecular weight is 132 g/mol. The van der Waals surface area contributed by atoms with E-state index in [0.29, 0.717) is 10.9 Å². The van der Waals surface area contributed by atoms with Crippen LogP contribution >= 0.6 is 11.8 Å². The lowest BCUT2D eigenvalue weighted by atomic mass is 10.7. The lowest BCUT2D eigenvalue weighted by Crippen LogP contribution is -2.01. The molecule has 1 amide bonds. The molecule has 1 rings (SSSR count). The van der Waals surface area contributed by atoms with Crippen LogP contribution in [0.25, 0.3) is 0 Å². The summed E-state index contributed by atoms with van der Waals surface area (Å²) in [5.41, 5.74) is 5.12. The van der Waals surface area contributed by atoms with Crippen molar-refractivity contribution in [1.29, 1.82) is 0 Å². The molecular weight excluding hydrogens is 124 g/mol. The van der Waals surface area contributed by atoms with Crippen molar-refractivity contribution in [1.82, 2.24) is 0 Å². The van der Waals surface area contributed by atoms with Gasteiger partial charge in [-0.05, 0) is 0 Å². The summed E-state index contributed by atoms with van der Waals surface area (Å²) in [6, 6.07) is 0. The van der Waals surface area contributed by atoms with Gasteiger partial charge in [0.25, 0.3) is 5.91 Å². The van der Waals surface area contributed by atoms with Crippen molar-refractivity contribution < 1.29 is 4.79 Å². The molecular formula is C4H8N2OS. The fourth-order valence-corrected chi connectivity index (χ4v) is 0.825. The van der Waals surface area contributed by atoms with E-state index in [-0.39, 0.29) is 13.3 Å². The molecule has 0 fully saturated rings. The van der Waals surface area contributed by atoms with Crippen LogP contribution in [0.15, 0.2) is 4.99 Å². The molecule has 1 aliphatic heterocycles. The molecule has 0 radical (unpaired) electrons. The largest absolute Gasteiger partial charge is 0.378 e. The Hall–Kier alpha value is -0.510. The number of amides is 1. The lowest BCUT2D eigenvalue weighted by Gasteiger charge is -1.76. The van der Waals surface area contributed by atoms with Crippen LogP contribution in [0, 0.1) is 0 Å². The van der Waals surface area contributed by atoms with E-state index in [9.17, 15) is 4.79 Å². The van der Waals surface area contributed by atoms with Gasteiger partial charge in [0.15, 0.2) is 5.17 Å². The second-order valence-corrected chi connectivity index (χ2v) is 2.13. The molecule has 3 nitrogen and oxygen atoms in total. The Bertz CT molecular complexity index is 132. The van der Waals surface area contributed by atoms with Gasteiger partial charge in [0.1, 0.15) is 0 Å². The molecule has 0 unspecified atom stereocenters. The summed E-state index contributed by atoms with van der Waals surface area (Å²) in [6.45, 7) is 0. The zero-order valence-electron chi connectivity index (χ0n) is 3.55. The number of thioether (sulfide) groups is 1. The quantitative estimate of drug-likeness (QED) is 0.512. The minimum atomic E-state index is -0.123. The second kappa shape index (κ2) is 2.71. The molecule has 0 aromatic carbocycles. The Morgan fingerprint density at radius 2 is 2.38 bits per heavy atom. The van der Waals surface area contributed by atoms with Crippen LogP contribution < -0.4 is 5.73 Å². The zero-order valence-corrected chi connectivity index (χ0v) is 4.36. The summed E-state index contributed by atoms with van der Waals surface area (Å²) >= 11 is 1.28. The van der Waals surface area contributed by atoms with Gasteiger partial charge in [-0.25, -0.2) is 0 Å². The van der Waals surface area contributed by atoms with Gasteiger partial charge < -0.3 is 5.73 Å². The molecule has 0 aromatic heterocycles.